The highest BCUT2D eigenvalue weighted by molar-refractivity contribution is 7.17. The third-order valence-electron chi connectivity index (χ3n) is 3.08. The van der Waals surface area contributed by atoms with Crippen molar-refractivity contribution in [1.82, 2.24) is 4.98 Å². The molecule has 0 saturated heterocycles. The van der Waals surface area contributed by atoms with Gasteiger partial charge in [0.15, 0.2) is 0 Å². The molecule has 2 aromatic heterocycles. The Morgan fingerprint density at radius 3 is 2.67 bits per heavy atom. The number of hydrogen-bond acceptors (Lipinski definition) is 2. The summed E-state index contributed by atoms with van der Waals surface area (Å²) in [6, 6.07) is 5.35. The first-order valence-corrected chi connectivity index (χ1v) is 7.09. The summed E-state index contributed by atoms with van der Waals surface area (Å²) in [6.07, 6.45) is -3.03. The number of alkyl halides is 3. The van der Waals surface area contributed by atoms with Crippen molar-refractivity contribution >= 4 is 33.0 Å². The topological polar surface area (TPSA) is 32.9 Å². The monoisotopic (exact) mass is 329 g/mol. The van der Waals surface area contributed by atoms with E-state index in [1.54, 1.807) is 11.4 Å². The molecule has 0 radical (unpaired) electrons. The number of rotatable bonds is 1. The standard InChI is InChI=1S/C14H7ClF3NOS/c15-10-2-1-7(5-9(10)14(16,17)18)8-6-21-11-3-4-19-13(20)12(8)11/h1-6H,(H,19,20). The molecule has 0 spiro atoms. The maximum Gasteiger partial charge on any atom is 0.417 e. The first-order chi connectivity index (χ1) is 9.88. The van der Waals surface area contributed by atoms with Crippen molar-refractivity contribution in [2.75, 3.05) is 0 Å². The smallest absolute Gasteiger partial charge is 0.328 e. The first kappa shape index (κ1) is 14.2. The number of nitrogens with one attached hydrogen (secondary N) is 1. The van der Waals surface area contributed by atoms with E-state index in [0.29, 0.717) is 16.5 Å². The normalized spacial score (nSPS) is 12.0. The molecule has 0 aliphatic carbocycles. The second kappa shape index (κ2) is 4.89. The lowest BCUT2D eigenvalue weighted by atomic mass is 10.0. The van der Waals surface area contributed by atoms with Crippen LogP contribution in [0.2, 0.25) is 5.02 Å². The molecule has 0 aliphatic heterocycles. The van der Waals surface area contributed by atoms with Gasteiger partial charge in [-0.25, -0.2) is 0 Å². The molecule has 0 unspecified atom stereocenters. The molecular formula is C14H7ClF3NOS. The molecule has 0 aliphatic rings. The molecule has 7 heteroatoms. The average molecular weight is 330 g/mol. The number of benzene rings is 1. The summed E-state index contributed by atoms with van der Waals surface area (Å²) < 4.78 is 39.5. The number of thiophene rings is 1. The summed E-state index contributed by atoms with van der Waals surface area (Å²) >= 11 is 6.91. The number of hydrogen-bond donors (Lipinski definition) is 1. The Balaban J connectivity index is 2.27. The zero-order valence-electron chi connectivity index (χ0n) is 10.3. The van der Waals surface area contributed by atoms with Crippen LogP contribution in [0.1, 0.15) is 5.56 Å². The fraction of sp³-hybridized carbons (Fsp3) is 0.0714. The van der Waals surface area contributed by atoms with Crippen molar-refractivity contribution in [2.45, 2.75) is 6.18 Å². The molecule has 2 nitrogen and oxygen atoms in total. The fourth-order valence-electron chi connectivity index (χ4n) is 2.12. The van der Waals surface area contributed by atoms with E-state index in [2.05, 4.69) is 4.98 Å². The van der Waals surface area contributed by atoms with E-state index < -0.39 is 11.7 Å². The van der Waals surface area contributed by atoms with Gasteiger partial charge in [0, 0.05) is 21.8 Å². The second-order valence-corrected chi connectivity index (χ2v) is 5.71. The minimum Gasteiger partial charge on any atom is -0.328 e. The fourth-order valence-corrected chi connectivity index (χ4v) is 3.31. The highest BCUT2D eigenvalue weighted by Crippen LogP contribution is 2.39. The molecule has 0 bridgehead atoms. The molecule has 108 valence electrons. The predicted octanol–water partition coefficient (Wildman–Crippen LogP) is 4.93. The SMILES string of the molecule is O=c1[nH]ccc2scc(-c3ccc(Cl)c(C(F)(F)F)c3)c12. The summed E-state index contributed by atoms with van der Waals surface area (Å²) in [7, 11) is 0. The van der Waals surface area contributed by atoms with Gasteiger partial charge >= 0.3 is 6.18 Å². The van der Waals surface area contributed by atoms with E-state index in [1.165, 1.54) is 29.7 Å². The Morgan fingerprint density at radius 1 is 1.19 bits per heavy atom. The van der Waals surface area contributed by atoms with Crippen molar-refractivity contribution in [1.29, 1.82) is 0 Å². The van der Waals surface area contributed by atoms with Gasteiger partial charge in [0.25, 0.3) is 5.56 Å². The number of aromatic nitrogens is 1. The van der Waals surface area contributed by atoms with Crippen LogP contribution in [0.3, 0.4) is 0 Å². The van der Waals surface area contributed by atoms with E-state index in [1.807, 2.05) is 0 Å². The summed E-state index contributed by atoms with van der Waals surface area (Å²) in [4.78, 5) is 14.4. The lowest BCUT2D eigenvalue weighted by Crippen LogP contribution is -2.06. The average Bonchev–Trinajstić information content (AvgIpc) is 2.83. The Kier molecular flexibility index (Phi) is 3.30. The molecule has 1 N–H and O–H groups in total. The molecule has 1 aromatic carbocycles. The molecule has 2 heterocycles. The van der Waals surface area contributed by atoms with E-state index in [9.17, 15) is 18.0 Å². The van der Waals surface area contributed by atoms with Crippen LogP contribution in [-0.4, -0.2) is 4.98 Å². The minimum absolute atomic E-state index is 0.315. The van der Waals surface area contributed by atoms with Crippen LogP contribution < -0.4 is 5.56 Å². The van der Waals surface area contributed by atoms with Crippen LogP contribution in [0.5, 0.6) is 0 Å². The number of H-pyrrole nitrogens is 1. The lowest BCUT2D eigenvalue weighted by Gasteiger charge is -2.10. The molecule has 3 rings (SSSR count). The van der Waals surface area contributed by atoms with Crippen LogP contribution in [0.4, 0.5) is 13.2 Å². The van der Waals surface area contributed by atoms with Gasteiger partial charge in [0.1, 0.15) is 0 Å². The van der Waals surface area contributed by atoms with Crippen molar-refractivity contribution in [3.05, 3.63) is 56.8 Å². The number of pyridine rings is 1. The van der Waals surface area contributed by atoms with Gasteiger partial charge in [-0.3, -0.25) is 4.79 Å². The molecule has 0 saturated carbocycles. The number of aromatic amines is 1. The van der Waals surface area contributed by atoms with Gasteiger partial charge in [0.2, 0.25) is 0 Å². The maximum atomic E-state index is 12.9. The van der Waals surface area contributed by atoms with Crippen LogP contribution in [0.25, 0.3) is 21.2 Å². The second-order valence-electron chi connectivity index (χ2n) is 4.39. The Labute approximate surface area is 125 Å². The van der Waals surface area contributed by atoms with E-state index in [0.717, 1.165) is 10.8 Å². The van der Waals surface area contributed by atoms with Gasteiger partial charge in [0.05, 0.1) is 16.0 Å². The largest absolute Gasteiger partial charge is 0.417 e. The molecular weight excluding hydrogens is 323 g/mol. The summed E-state index contributed by atoms with van der Waals surface area (Å²) in [5.41, 5.74) is -0.450. The maximum absolute atomic E-state index is 12.9. The van der Waals surface area contributed by atoms with Gasteiger partial charge < -0.3 is 4.98 Å². The predicted molar refractivity (Wildman–Crippen MR) is 77.9 cm³/mol. The molecule has 0 fully saturated rings. The van der Waals surface area contributed by atoms with Gasteiger partial charge in [-0.15, -0.1) is 11.3 Å². The zero-order valence-corrected chi connectivity index (χ0v) is 11.9. The van der Waals surface area contributed by atoms with Crippen LogP contribution in [-0.2, 0) is 6.18 Å². The highest BCUT2D eigenvalue weighted by Gasteiger charge is 2.33. The van der Waals surface area contributed by atoms with Crippen LogP contribution >= 0.6 is 22.9 Å². The highest BCUT2D eigenvalue weighted by atomic mass is 35.5. The first-order valence-electron chi connectivity index (χ1n) is 5.84. The van der Waals surface area contributed by atoms with Gasteiger partial charge in [-0.2, -0.15) is 13.2 Å². The van der Waals surface area contributed by atoms with Crippen LogP contribution in [0.15, 0.2) is 40.6 Å². The summed E-state index contributed by atoms with van der Waals surface area (Å²) in [5.74, 6) is 0. The van der Waals surface area contributed by atoms with Crippen LogP contribution in [0, 0.1) is 0 Å². The Bertz CT molecular complexity index is 882. The summed E-state index contributed by atoms with van der Waals surface area (Å²) in [5, 5.41) is 1.70. The van der Waals surface area contributed by atoms with Crippen molar-refractivity contribution < 1.29 is 13.2 Å². The lowest BCUT2D eigenvalue weighted by molar-refractivity contribution is -0.137. The molecule has 0 atom stereocenters. The van der Waals surface area contributed by atoms with E-state index >= 15 is 0 Å². The Morgan fingerprint density at radius 2 is 1.95 bits per heavy atom. The quantitative estimate of drug-likeness (QED) is 0.674. The summed E-state index contributed by atoms with van der Waals surface area (Å²) in [6.45, 7) is 0. The zero-order chi connectivity index (χ0) is 15.2. The van der Waals surface area contributed by atoms with Crippen molar-refractivity contribution in [2.24, 2.45) is 0 Å². The van der Waals surface area contributed by atoms with E-state index in [-0.39, 0.29) is 10.6 Å². The molecule has 0 amide bonds. The van der Waals surface area contributed by atoms with Crippen molar-refractivity contribution in [3.8, 4) is 11.1 Å². The minimum atomic E-state index is -4.54. The number of halogens is 4. The molecule has 21 heavy (non-hydrogen) atoms. The number of fused-ring (bicyclic) bond motifs is 1. The van der Waals surface area contributed by atoms with Crippen molar-refractivity contribution in [3.63, 3.8) is 0 Å². The van der Waals surface area contributed by atoms with Gasteiger partial charge in [-0.1, -0.05) is 17.7 Å². The Hall–Kier alpha value is -1.79. The molecule has 3 aromatic rings. The van der Waals surface area contributed by atoms with Gasteiger partial charge in [-0.05, 0) is 23.8 Å². The third-order valence-corrected chi connectivity index (χ3v) is 4.36. The third kappa shape index (κ3) is 2.45. The van der Waals surface area contributed by atoms with E-state index in [4.69, 9.17) is 11.6 Å².